The number of benzene rings is 3. The van der Waals surface area contributed by atoms with Crippen molar-refractivity contribution in [1.82, 2.24) is 5.32 Å². The molecule has 0 radical (unpaired) electrons. The van der Waals surface area contributed by atoms with Crippen LogP contribution >= 0.6 is 0 Å². The Labute approximate surface area is 157 Å². The summed E-state index contributed by atoms with van der Waals surface area (Å²) in [6.45, 7) is 0.473. The summed E-state index contributed by atoms with van der Waals surface area (Å²) in [6, 6.07) is 19.6. The number of hydrogen-bond donors (Lipinski definition) is 2. The number of fused-ring (bicyclic) bond motifs is 1. The van der Waals surface area contributed by atoms with Crippen LogP contribution in [-0.4, -0.2) is 24.2 Å². The van der Waals surface area contributed by atoms with Crippen LogP contribution in [0.15, 0.2) is 66.7 Å². The van der Waals surface area contributed by atoms with Crippen LogP contribution in [0.5, 0.6) is 5.75 Å². The average Bonchev–Trinajstić information content (AvgIpc) is 2.69. The summed E-state index contributed by atoms with van der Waals surface area (Å²) in [7, 11) is 0. The molecule has 2 N–H and O–H groups in total. The Bertz CT molecular complexity index is 907. The van der Waals surface area contributed by atoms with Crippen molar-refractivity contribution in [3.05, 3.63) is 78.1 Å². The molecule has 0 heterocycles. The molecule has 0 aliphatic rings. The number of ether oxygens (including phenoxy) is 1. The molecule has 4 nitrogen and oxygen atoms in total. The van der Waals surface area contributed by atoms with Gasteiger partial charge >= 0.3 is 0 Å². The second-order valence-corrected chi connectivity index (χ2v) is 6.30. The molecule has 0 bridgehead atoms. The Morgan fingerprint density at radius 3 is 2.70 bits per heavy atom. The second kappa shape index (κ2) is 9.14. The average molecular weight is 367 g/mol. The van der Waals surface area contributed by atoms with Gasteiger partial charge in [0.1, 0.15) is 11.6 Å². The van der Waals surface area contributed by atoms with Crippen molar-refractivity contribution in [2.75, 3.05) is 13.2 Å². The zero-order chi connectivity index (χ0) is 19.1. The highest BCUT2D eigenvalue weighted by Crippen LogP contribution is 2.25. The van der Waals surface area contributed by atoms with Gasteiger partial charge in [-0.1, -0.05) is 48.5 Å². The van der Waals surface area contributed by atoms with Crippen LogP contribution in [0.1, 0.15) is 24.5 Å². The maximum absolute atomic E-state index is 13.2. The van der Waals surface area contributed by atoms with E-state index in [9.17, 15) is 14.3 Å². The van der Waals surface area contributed by atoms with Crippen molar-refractivity contribution in [3.8, 4) is 5.75 Å². The number of rotatable bonds is 8. The number of aliphatic hydroxyl groups is 1. The van der Waals surface area contributed by atoms with Gasteiger partial charge in [0, 0.05) is 18.4 Å². The number of carbonyl (C=O) groups is 1. The molecule has 5 heteroatoms. The van der Waals surface area contributed by atoms with Crippen LogP contribution < -0.4 is 10.1 Å². The highest BCUT2D eigenvalue weighted by Gasteiger charge is 2.10. The summed E-state index contributed by atoms with van der Waals surface area (Å²) in [5.41, 5.74) is 0.439. The third-order valence-corrected chi connectivity index (χ3v) is 4.28. The van der Waals surface area contributed by atoms with Gasteiger partial charge in [0.25, 0.3) is 0 Å². The lowest BCUT2D eigenvalue weighted by molar-refractivity contribution is -0.121. The molecule has 0 aliphatic carbocycles. The van der Waals surface area contributed by atoms with Crippen molar-refractivity contribution in [1.29, 1.82) is 0 Å². The Morgan fingerprint density at radius 1 is 1.07 bits per heavy atom. The molecule has 3 aromatic rings. The Morgan fingerprint density at radius 2 is 1.85 bits per heavy atom. The second-order valence-electron chi connectivity index (χ2n) is 6.30. The molecule has 0 fully saturated rings. The first-order valence-electron chi connectivity index (χ1n) is 8.94. The number of aliphatic hydroxyl groups excluding tert-OH is 1. The predicted octanol–water partition coefficient (Wildman–Crippen LogP) is 3.99. The third kappa shape index (κ3) is 5.28. The molecule has 3 aromatic carbocycles. The molecule has 0 aromatic heterocycles. The van der Waals surface area contributed by atoms with E-state index in [2.05, 4.69) is 5.32 Å². The smallest absolute Gasteiger partial charge is 0.220 e. The van der Waals surface area contributed by atoms with Gasteiger partial charge in [-0.3, -0.25) is 4.79 Å². The zero-order valence-corrected chi connectivity index (χ0v) is 14.9. The van der Waals surface area contributed by atoms with Gasteiger partial charge in [0.15, 0.2) is 0 Å². The van der Waals surface area contributed by atoms with Crippen LogP contribution in [0, 0.1) is 5.82 Å². The van der Waals surface area contributed by atoms with E-state index in [1.807, 2.05) is 42.5 Å². The largest absolute Gasteiger partial charge is 0.493 e. The van der Waals surface area contributed by atoms with Crippen molar-refractivity contribution in [2.45, 2.75) is 18.9 Å². The van der Waals surface area contributed by atoms with E-state index in [0.717, 1.165) is 16.5 Å². The van der Waals surface area contributed by atoms with Crippen LogP contribution in [-0.2, 0) is 4.79 Å². The molecule has 1 amide bonds. The quantitative estimate of drug-likeness (QED) is 0.592. The number of amides is 1. The van der Waals surface area contributed by atoms with Gasteiger partial charge in [0.2, 0.25) is 5.91 Å². The minimum absolute atomic E-state index is 0.0481. The molecule has 0 aliphatic heterocycles. The van der Waals surface area contributed by atoms with E-state index >= 15 is 0 Å². The van der Waals surface area contributed by atoms with Crippen LogP contribution in [0.2, 0.25) is 0 Å². The van der Waals surface area contributed by atoms with Gasteiger partial charge < -0.3 is 15.2 Å². The number of hydrogen-bond acceptors (Lipinski definition) is 3. The van der Waals surface area contributed by atoms with Crippen molar-refractivity contribution >= 4 is 16.7 Å². The molecular weight excluding hydrogens is 345 g/mol. The third-order valence-electron chi connectivity index (χ3n) is 4.28. The molecule has 0 saturated carbocycles. The topological polar surface area (TPSA) is 58.6 Å². The minimum Gasteiger partial charge on any atom is -0.493 e. The summed E-state index contributed by atoms with van der Waals surface area (Å²) in [5, 5.41) is 14.8. The summed E-state index contributed by atoms with van der Waals surface area (Å²) in [5.74, 6) is 0.213. The molecule has 0 saturated heterocycles. The first-order valence-corrected chi connectivity index (χ1v) is 8.94. The van der Waals surface area contributed by atoms with Crippen LogP contribution in [0.4, 0.5) is 4.39 Å². The molecule has 3 rings (SSSR count). The van der Waals surface area contributed by atoms with Gasteiger partial charge in [-0.25, -0.2) is 4.39 Å². The minimum atomic E-state index is -0.934. The zero-order valence-electron chi connectivity index (χ0n) is 14.9. The highest BCUT2D eigenvalue weighted by molar-refractivity contribution is 5.88. The first-order chi connectivity index (χ1) is 13.1. The van der Waals surface area contributed by atoms with Crippen molar-refractivity contribution in [3.63, 3.8) is 0 Å². The standard InChI is InChI=1S/C22H22FNO3/c23-18-9-3-8-17(14-18)20(25)15-24-22(26)12-5-13-27-21-11-4-7-16-6-1-2-10-19(16)21/h1-4,6-11,14,20,25H,5,12-13,15H2,(H,24,26). The first kappa shape index (κ1) is 18.9. The number of nitrogens with one attached hydrogen (secondary N) is 1. The summed E-state index contributed by atoms with van der Waals surface area (Å²) in [6.07, 6.45) is -0.0808. The predicted molar refractivity (Wildman–Crippen MR) is 103 cm³/mol. The fourth-order valence-corrected chi connectivity index (χ4v) is 2.87. The maximum atomic E-state index is 13.2. The molecule has 1 unspecified atom stereocenters. The van der Waals surface area contributed by atoms with Crippen LogP contribution in [0.25, 0.3) is 10.8 Å². The molecule has 0 spiro atoms. The molecule has 27 heavy (non-hydrogen) atoms. The number of halogens is 1. The van der Waals surface area contributed by atoms with Gasteiger partial charge in [-0.05, 0) is 35.6 Å². The lowest BCUT2D eigenvalue weighted by Gasteiger charge is -2.13. The van der Waals surface area contributed by atoms with Gasteiger partial charge in [0.05, 0.1) is 12.7 Å². The van der Waals surface area contributed by atoms with Gasteiger partial charge in [-0.2, -0.15) is 0 Å². The molecule has 140 valence electrons. The van der Waals surface area contributed by atoms with E-state index in [1.165, 1.54) is 18.2 Å². The lowest BCUT2D eigenvalue weighted by atomic mass is 10.1. The molecule has 1 atom stereocenters. The fourth-order valence-electron chi connectivity index (χ4n) is 2.87. The molecular formula is C22H22FNO3. The van der Waals surface area contributed by atoms with E-state index in [1.54, 1.807) is 6.07 Å². The van der Waals surface area contributed by atoms with E-state index in [4.69, 9.17) is 4.74 Å². The van der Waals surface area contributed by atoms with Crippen molar-refractivity contribution in [2.24, 2.45) is 0 Å². The Kier molecular flexibility index (Phi) is 6.39. The van der Waals surface area contributed by atoms with Crippen LogP contribution in [0.3, 0.4) is 0 Å². The SMILES string of the molecule is O=C(CCCOc1cccc2ccccc12)NCC(O)c1cccc(F)c1. The summed E-state index contributed by atoms with van der Waals surface area (Å²) < 4.78 is 19.0. The van der Waals surface area contributed by atoms with E-state index in [0.29, 0.717) is 25.0 Å². The Balaban J connectivity index is 1.40. The number of carbonyl (C=O) groups excluding carboxylic acids is 1. The van der Waals surface area contributed by atoms with E-state index < -0.39 is 11.9 Å². The fraction of sp³-hybridized carbons (Fsp3) is 0.227. The summed E-state index contributed by atoms with van der Waals surface area (Å²) in [4.78, 5) is 11.9. The highest BCUT2D eigenvalue weighted by atomic mass is 19.1. The normalized spacial score (nSPS) is 11.9. The lowest BCUT2D eigenvalue weighted by Crippen LogP contribution is -2.28. The van der Waals surface area contributed by atoms with E-state index in [-0.39, 0.29) is 12.5 Å². The maximum Gasteiger partial charge on any atom is 0.220 e. The Hall–Kier alpha value is -2.92. The van der Waals surface area contributed by atoms with Crippen molar-refractivity contribution < 1.29 is 19.0 Å². The van der Waals surface area contributed by atoms with Gasteiger partial charge in [-0.15, -0.1) is 0 Å². The summed E-state index contributed by atoms with van der Waals surface area (Å²) >= 11 is 0. The monoisotopic (exact) mass is 367 g/mol.